The molecule has 0 spiro atoms. The summed E-state index contributed by atoms with van der Waals surface area (Å²) in [6.07, 6.45) is 0. The Balaban J connectivity index is 2.32. The molecule has 0 amide bonds. The minimum Gasteiger partial charge on any atom is -0.350 e. The maximum Gasteiger partial charge on any atom is 0.165 e. The molecule has 0 bridgehead atoms. The molecule has 0 unspecified atom stereocenters. The van der Waals surface area contributed by atoms with Crippen molar-refractivity contribution in [3.63, 3.8) is 0 Å². The summed E-state index contributed by atoms with van der Waals surface area (Å²) in [5.41, 5.74) is 0.744. The van der Waals surface area contributed by atoms with E-state index in [2.05, 4.69) is 32.6 Å². The third-order valence-electron chi connectivity index (χ3n) is 2.94. The predicted octanol–water partition coefficient (Wildman–Crippen LogP) is 5.46. The number of amidine groups is 1. The molecule has 1 aliphatic rings. The standard InChI is InChI=1S/C15H20Cl2N2S/c1-10(2)8-19-9-15(3,4)20-14(19)18-12-7-5-6-11(16)13(12)17/h5-7,10H,8-9H2,1-4H3/b18-14-. The monoisotopic (exact) mass is 330 g/mol. The zero-order chi connectivity index (χ0) is 14.9. The van der Waals surface area contributed by atoms with Crippen LogP contribution in [0.15, 0.2) is 23.2 Å². The highest BCUT2D eigenvalue weighted by Crippen LogP contribution is 2.39. The summed E-state index contributed by atoms with van der Waals surface area (Å²) in [5.74, 6) is 0.601. The Hall–Kier alpha value is -0.380. The van der Waals surface area contributed by atoms with Crippen LogP contribution >= 0.6 is 35.0 Å². The van der Waals surface area contributed by atoms with Crippen LogP contribution in [0, 0.1) is 5.92 Å². The van der Waals surface area contributed by atoms with Crippen LogP contribution in [0.3, 0.4) is 0 Å². The molecule has 5 heteroatoms. The molecule has 1 heterocycles. The third kappa shape index (κ3) is 3.84. The highest BCUT2D eigenvalue weighted by Gasteiger charge is 2.35. The Morgan fingerprint density at radius 1 is 1.35 bits per heavy atom. The summed E-state index contributed by atoms with van der Waals surface area (Å²) in [6, 6.07) is 5.57. The lowest BCUT2D eigenvalue weighted by atomic mass is 10.1. The van der Waals surface area contributed by atoms with E-state index >= 15 is 0 Å². The van der Waals surface area contributed by atoms with E-state index in [1.807, 2.05) is 12.1 Å². The summed E-state index contributed by atoms with van der Waals surface area (Å²) in [5, 5.41) is 2.11. The molecular weight excluding hydrogens is 311 g/mol. The third-order valence-corrected chi connectivity index (χ3v) is 4.97. The van der Waals surface area contributed by atoms with Gasteiger partial charge < -0.3 is 4.90 Å². The Labute approximate surface area is 135 Å². The van der Waals surface area contributed by atoms with E-state index < -0.39 is 0 Å². The first-order chi connectivity index (χ1) is 9.28. The number of rotatable bonds is 3. The molecule has 0 aliphatic carbocycles. The smallest absolute Gasteiger partial charge is 0.165 e. The van der Waals surface area contributed by atoms with Gasteiger partial charge in [-0.25, -0.2) is 4.99 Å². The van der Waals surface area contributed by atoms with E-state index in [-0.39, 0.29) is 4.75 Å². The maximum absolute atomic E-state index is 6.23. The van der Waals surface area contributed by atoms with Crippen LogP contribution in [-0.4, -0.2) is 27.9 Å². The van der Waals surface area contributed by atoms with Crippen molar-refractivity contribution in [3.05, 3.63) is 28.2 Å². The summed E-state index contributed by atoms with van der Waals surface area (Å²) >= 11 is 14.1. The van der Waals surface area contributed by atoms with Crippen LogP contribution in [-0.2, 0) is 0 Å². The topological polar surface area (TPSA) is 15.6 Å². The molecule has 110 valence electrons. The molecule has 1 aromatic carbocycles. The van der Waals surface area contributed by atoms with E-state index in [0.717, 1.165) is 23.9 Å². The van der Waals surface area contributed by atoms with Crippen LogP contribution in [0.4, 0.5) is 5.69 Å². The van der Waals surface area contributed by atoms with Crippen molar-refractivity contribution in [2.24, 2.45) is 10.9 Å². The van der Waals surface area contributed by atoms with Crippen molar-refractivity contribution < 1.29 is 0 Å². The van der Waals surface area contributed by atoms with Crippen molar-refractivity contribution in [3.8, 4) is 0 Å². The molecular formula is C15H20Cl2N2S. The van der Waals surface area contributed by atoms with Crippen LogP contribution < -0.4 is 0 Å². The van der Waals surface area contributed by atoms with Gasteiger partial charge >= 0.3 is 0 Å². The molecule has 1 fully saturated rings. The molecule has 2 rings (SSSR count). The first-order valence-electron chi connectivity index (χ1n) is 6.75. The van der Waals surface area contributed by atoms with Crippen LogP contribution in [0.2, 0.25) is 10.0 Å². The average Bonchev–Trinajstić information content (AvgIpc) is 2.59. The maximum atomic E-state index is 6.23. The van der Waals surface area contributed by atoms with Crippen molar-refractivity contribution >= 4 is 45.8 Å². The second-order valence-electron chi connectivity index (χ2n) is 6.10. The molecule has 1 saturated heterocycles. The fraction of sp³-hybridized carbons (Fsp3) is 0.533. The van der Waals surface area contributed by atoms with Crippen LogP contribution in [0.5, 0.6) is 0 Å². The number of hydrogen-bond acceptors (Lipinski definition) is 2. The van der Waals surface area contributed by atoms with Gasteiger partial charge in [0, 0.05) is 17.8 Å². The van der Waals surface area contributed by atoms with E-state index in [1.165, 1.54) is 0 Å². The molecule has 1 aromatic rings. The van der Waals surface area contributed by atoms with Gasteiger partial charge in [0.05, 0.1) is 15.7 Å². The van der Waals surface area contributed by atoms with E-state index in [9.17, 15) is 0 Å². The minimum atomic E-state index is 0.179. The van der Waals surface area contributed by atoms with Gasteiger partial charge in [-0.2, -0.15) is 0 Å². The highest BCUT2D eigenvalue weighted by atomic mass is 35.5. The Morgan fingerprint density at radius 3 is 2.70 bits per heavy atom. The molecule has 0 aromatic heterocycles. The lowest BCUT2D eigenvalue weighted by Crippen LogP contribution is -2.31. The molecule has 0 radical (unpaired) electrons. The number of aliphatic imine (C=N–C) groups is 1. The van der Waals surface area contributed by atoms with Gasteiger partial charge in [0.2, 0.25) is 0 Å². The molecule has 0 atom stereocenters. The van der Waals surface area contributed by atoms with Crippen molar-refractivity contribution in [2.45, 2.75) is 32.4 Å². The zero-order valence-corrected chi connectivity index (χ0v) is 14.6. The lowest BCUT2D eigenvalue weighted by Gasteiger charge is -2.21. The van der Waals surface area contributed by atoms with Gasteiger partial charge in [-0.05, 0) is 31.9 Å². The molecule has 0 N–H and O–H groups in total. The van der Waals surface area contributed by atoms with E-state index in [4.69, 9.17) is 28.2 Å². The average molecular weight is 331 g/mol. The van der Waals surface area contributed by atoms with Gasteiger partial charge in [-0.3, -0.25) is 0 Å². The Bertz CT molecular complexity index is 527. The fourth-order valence-electron chi connectivity index (χ4n) is 2.23. The second-order valence-corrected chi connectivity index (χ2v) is 8.56. The normalized spacial score (nSPS) is 20.1. The molecule has 2 nitrogen and oxygen atoms in total. The summed E-state index contributed by atoms with van der Waals surface area (Å²) in [7, 11) is 0. The number of nitrogens with zero attached hydrogens (tertiary/aromatic N) is 2. The van der Waals surface area contributed by atoms with Gasteiger partial charge in [0.15, 0.2) is 5.17 Å². The molecule has 20 heavy (non-hydrogen) atoms. The SMILES string of the molecule is CC(C)CN1CC(C)(C)S/C1=N\c1cccc(Cl)c1Cl. The quantitative estimate of drug-likeness (QED) is 0.730. The molecule has 1 aliphatic heterocycles. The summed E-state index contributed by atoms with van der Waals surface area (Å²) < 4.78 is 0.179. The van der Waals surface area contributed by atoms with Gasteiger partial charge in [-0.15, -0.1) is 0 Å². The first-order valence-corrected chi connectivity index (χ1v) is 8.32. The first kappa shape index (κ1) is 16.0. The van der Waals surface area contributed by atoms with Crippen LogP contribution in [0.1, 0.15) is 27.7 Å². The number of halogens is 2. The summed E-state index contributed by atoms with van der Waals surface area (Å²) in [6.45, 7) is 10.9. The Morgan fingerprint density at radius 2 is 2.05 bits per heavy atom. The Kier molecular flexibility index (Phi) is 4.93. The summed E-state index contributed by atoms with van der Waals surface area (Å²) in [4.78, 5) is 7.08. The van der Waals surface area contributed by atoms with Crippen molar-refractivity contribution in [1.29, 1.82) is 0 Å². The number of benzene rings is 1. The van der Waals surface area contributed by atoms with E-state index in [1.54, 1.807) is 17.8 Å². The molecule has 0 saturated carbocycles. The van der Waals surface area contributed by atoms with Gasteiger partial charge in [0.25, 0.3) is 0 Å². The zero-order valence-electron chi connectivity index (χ0n) is 12.3. The largest absolute Gasteiger partial charge is 0.350 e. The van der Waals surface area contributed by atoms with Gasteiger partial charge in [-0.1, -0.05) is 54.9 Å². The predicted molar refractivity (Wildman–Crippen MR) is 91.6 cm³/mol. The lowest BCUT2D eigenvalue weighted by molar-refractivity contribution is 0.359. The second kappa shape index (κ2) is 6.17. The fourth-order valence-corrected chi connectivity index (χ4v) is 3.69. The van der Waals surface area contributed by atoms with Gasteiger partial charge in [0.1, 0.15) is 0 Å². The minimum absolute atomic E-state index is 0.179. The number of hydrogen-bond donors (Lipinski definition) is 0. The van der Waals surface area contributed by atoms with Crippen molar-refractivity contribution in [2.75, 3.05) is 13.1 Å². The number of thioether (sulfide) groups is 1. The van der Waals surface area contributed by atoms with Crippen LogP contribution in [0.25, 0.3) is 0 Å². The van der Waals surface area contributed by atoms with Crippen molar-refractivity contribution in [1.82, 2.24) is 4.90 Å². The van der Waals surface area contributed by atoms with E-state index in [0.29, 0.717) is 16.0 Å². The highest BCUT2D eigenvalue weighted by molar-refractivity contribution is 8.15.